The van der Waals surface area contributed by atoms with Crippen LogP contribution in [0.3, 0.4) is 0 Å². The lowest BCUT2D eigenvalue weighted by Gasteiger charge is -2.47. The van der Waals surface area contributed by atoms with Crippen LogP contribution in [0.4, 0.5) is 5.69 Å². The van der Waals surface area contributed by atoms with Gasteiger partial charge < -0.3 is 9.64 Å². The average Bonchev–Trinajstić information content (AvgIpc) is 2.55. The molecule has 0 bridgehead atoms. The van der Waals surface area contributed by atoms with Crippen molar-refractivity contribution in [3.05, 3.63) is 29.8 Å². The van der Waals surface area contributed by atoms with Crippen LogP contribution in [-0.4, -0.2) is 24.6 Å². The average molecular weight is 331 g/mol. The number of rotatable bonds is 6. The van der Waals surface area contributed by atoms with Crippen molar-refractivity contribution in [2.75, 3.05) is 12.0 Å². The van der Waals surface area contributed by atoms with Crippen molar-refractivity contribution in [3.63, 3.8) is 0 Å². The predicted molar refractivity (Wildman–Crippen MR) is 98.8 cm³/mol. The quantitative estimate of drug-likeness (QED) is 0.477. The molecule has 3 N–H and O–H groups in total. The van der Waals surface area contributed by atoms with Gasteiger partial charge in [0.15, 0.2) is 0 Å². The zero-order chi connectivity index (χ0) is 17.9. The molecule has 132 valence electrons. The number of nitrogens with two attached hydrogens (primary N) is 1. The Hall–Kier alpha value is -2.01. The van der Waals surface area contributed by atoms with Gasteiger partial charge in [0.05, 0.1) is 12.6 Å². The summed E-state index contributed by atoms with van der Waals surface area (Å²) in [6.45, 7) is 8.48. The number of anilines is 1. The van der Waals surface area contributed by atoms with E-state index in [1.165, 1.54) is 5.57 Å². The molecule has 24 heavy (non-hydrogen) atoms. The van der Waals surface area contributed by atoms with Gasteiger partial charge in [0.2, 0.25) is 0 Å². The van der Waals surface area contributed by atoms with Crippen LogP contribution in [-0.2, 0) is 4.79 Å². The Balaban J connectivity index is 2.58. The van der Waals surface area contributed by atoms with Gasteiger partial charge in [-0.25, -0.2) is 5.84 Å². The van der Waals surface area contributed by atoms with Gasteiger partial charge in [-0.05, 0) is 44.9 Å². The molecule has 1 aromatic rings. The number of unbranched alkanes of at least 4 members (excludes halogenated alkanes) is 1. The van der Waals surface area contributed by atoms with Gasteiger partial charge in [-0.1, -0.05) is 25.8 Å². The lowest BCUT2D eigenvalue weighted by molar-refractivity contribution is -0.122. The fourth-order valence-corrected chi connectivity index (χ4v) is 3.60. The number of carbonyl (C=O) groups is 1. The lowest BCUT2D eigenvalue weighted by atomic mass is 9.86. The van der Waals surface area contributed by atoms with Crippen LogP contribution in [0, 0.1) is 0 Å². The maximum Gasteiger partial charge on any atom is 0.256 e. The Bertz CT molecular complexity index is 637. The van der Waals surface area contributed by atoms with E-state index in [-0.39, 0.29) is 17.5 Å². The van der Waals surface area contributed by atoms with Crippen molar-refractivity contribution in [2.45, 2.75) is 58.5 Å². The minimum absolute atomic E-state index is 0.154. The first kappa shape index (κ1) is 18.3. The molecule has 0 radical (unpaired) electrons. The molecular formula is C19H29N3O2. The summed E-state index contributed by atoms with van der Waals surface area (Å²) < 4.78 is 5.41. The van der Waals surface area contributed by atoms with Crippen molar-refractivity contribution in [1.29, 1.82) is 0 Å². The van der Waals surface area contributed by atoms with Crippen LogP contribution >= 0.6 is 0 Å². The Morgan fingerprint density at radius 1 is 1.42 bits per heavy atom. The SMILES string of the molecule is CCCCC(C(=O)NN)N1c2cc(OC)ccc2C(C)=CC1(C)C. The van der Waals surface area contributed by atoms with Crippen LogP contribution in [0.1, 0.15) is 52.5 Å². The fraction of sp³-hybridized carbons (Fsp3) is 0.526. The summed E-state index contributed by atoms with van der Waals surface area (Å²) in [5, 5.41) is 0. The molecule has 0 fully saturated rings. The molecule has 1 amide bonds. The normalized spacial score (nSPS) is 16.9. The standard InChI is InChI=1S/C19H29N3O2/c1-6-7-8-16(18(23)21-20)22-17-11-14(24-5)9-10-15(17)13(2)12-19(22,3)4/h9-12,16H,6-8,20H2,1-5H3,(H,21,23). The highest BCUT2D eigenvalue weighted by Crippen LogP contribution is 2.42. The number of fused-ring (bicyclic) bond motifs is 1. The van der Waals surface area contributed by atoms with Gasteiger partial charge in [-0.3, -0.25) is 10.2 Å². The molecule has 1 unspecified atom stereocenters. The number of hydrogen-bond donors (Lipinski definition) is 2. The van der Waals surface area contributed by atoms with E-state index >= 15 is 0 Å². The summed E-state index contributed by atoms with van der Waals surface area (Å²) >= 11 is 0. The van der Waals surface area contributed by atoms with Crippen LogP contribution in [0.5, 0.6) is 5.75 Å². The summed E-state index contributed by atoms with van der Waals surface area (Å²) in [4.78, 5) is 14.7. The van der Waals surface area contributed by atoms with E-state index in [1.54, 1.807) is 7.11 Å². The maximum absolute atomic E-state index is 12.5. The van der Waals surface area contributed by atoms with Gasteiger partial charge in [0.1, 0.15) is 11.8 Å². The molecule has 2 rings (SSSR count). The molecular weight excluding hydrogens is 302 g/mol. The first-order chi connectivity index (χ1) is 11.4. The molecule has 1 aliphatic rings. The highest BCUT2D eigenvalue weighted by atomic mass is 16.5. The van der Waals surface area contributed by atoms with Crippen molar-refractivity contribution in [1.82, 2.24) is 5.43 Å². The summed E-state index contributed by atoms with van der Waals surface area (Å²) in [5.41, 5.74) is 5.40. The minimum atomic E-state index is -0.319. The number of nitrogens with zero attached hydrogens (tertiary/aromatic N) is 1. The Kier molecular flexibility index (Phi) is 5.54. The monoisotopic (exact) mass is 331 g/mol. The van der Waals surface area contributed by atoms with E-state index in [1.807, 2.05) is 12.1 Å². The largest absolute Gasteiger partial charge is 0.497 e. The molecule has 5 heteroatoms. The van der Waals surface area contributed by atoms with E-state index in [9.17, 15) is 4.79 Å². The first-order valence-corrected chi connectivity index (χ1v) is 8.53. The summed E-state index contributed by atoms with van der Waals surface area (Å²) in [6, 6.07) is 5.70. The molecule has 1 atom stereocenters. The number of allylic oxidation sites excluding steroid dienone is 1. The highest BCUT2D eigenvalue weighted by molar-refractivity contribution is 5.90. The van der Waals surface area contributed by atoms with E-state index in [0.717, 1.165) is 36.3 Å². The van der Waals surface area contributed by atoms with Gasteiger partial charge in [-0.15, -0.1) is 0 Å². The fourth-order valence-electron chi connectivity index (χ4n) is 3.60. The van der Waals surface area contributed by atoms with Crippen LogP contribution < -0.4 is 20.9 Å². The number of nitrogens with one attached hydrogen (secondary N) is 1. The van der Waals surface area contributed by atoms with E-state index in [4.69, 9.17) is 10.6 Å². The van der Waals surface area contributed by atoms with Crippen molar-refractivity contribution >= 4 is 17.2 Å². The summed E-state index contributed by atoms with van der Waals surface area (Å²) in [5.74, 6) is 6.11. The van der Waals surface area contributed by atoms with Gasteiger partial charge >= 0.3 is 0 Å². The predicted octanol–water partition coefficient (Wildman–Crippen LogP) is 3.25. The van der Waals surface area contributed by atoms with E-state index in [2.05, 4.69) is 50.2 Å². The molecule has 1 heterocycles. The third kappa shape index (κ3) is 3.41. The smallest absolute Gasteiger partial charge is 0.256 e. The summed E-state index contributed by atoms with van der Waals surface area (Å²) in [6.07, 6.45) is 4.96. The molecule has 0 aromatic heterocycles. The number of hydrazine groups is 1. The van der Waals surface area contributed by atoms with Crippen molar-refractivity contribution in [2.24, 2.45) is 5.84 Å². The third-order valence-electron chi connectivity index (χ3n) is 4.67. The first-order valence-electron chi connectivity index (χ1n) is 8.53. The summed E-state index contributed by atoms with van der Waals surface area (Å²) in [7, 11) is 1.66. The molecule has 1 aliphatic heterocycles. The van der Waals surface area contributed by atoms with Crippen LogP contribution in [0.15, 0.2) is 24.3 Å². The van der Waals surface area contributed by atoms with Gasteiger partial charge in [-0.2, -0.15) is 0 Å². The number of amides is 1. The molecule has 0 aliphatic carbocycles. The van der Waals surface area contributed by atoms with Crippen LogP contribution in [0.25, 0.3) is 5.57 Å². The lowest BCUT2D eigenvalue weighted by Crippen LogP contribution is -2.57. The van der Waals surface area contributed by atoms with Gasteiger partial charge in [0.25, 0.3) is 5.91 Å². The van der Waals surface area contributed by atoms with Crippen molar-refractivity contribution < 1.29 is 9.53 Å². The Morgan fingerprint density at radius 2 is 2.12 bits per heavy atom. The topological polar surface area (TPSA) is 67.6 Å². The maximum atomic E-state index is 12.5. The second-order valence-electron chi connectivity index (χ2n) is 6.90. The van der Waals surface area contributed by atoms with Crippen molar-refractivity contribution in [3.8, 4) is 5.75 Å². The Labute approximate surface area is 144 Å². The minimum Gasteiger partial charge on any atom is -0.497 e. The van der Waals surface area contributed by atoms with Gasteiger partial charge in [0, 0.05) is 17.3 Å². The number of ether oxygens (including phenoxy) is 1. The molecule has 1 aromatic carbocycles. The molecule has 5 nitrogen and oxygen atoms in total. The number of methoxy groups -OCH3 is 1. The van der Waals surface area contributed by atoms with E-state index in [0.29, 0.717) is 0 Å². The second kappa shape index (κ2) is 7.26. The zero-order valence-electron chi connectivity index (χ0n) is 15.3. The second-order valence-corrected chi connectivity index (χ2v) is 6.90. The zero-order valence-corrected chi connectivity index (χ0v) is 15.3. The number of carbonyl (C=O) groups excluding carboxylic acids is 1. The van der Waals surface area contributed by atoms with E-state index < -0.39 is 0 Å². The number of hydrogen-bond acceptors (Lipinski definition) is 4. The van der Waals surface area contributed by atoms with Crippen LogP contribution in [0.2, 0.25) is 0 Å². The Morgan fingerprint density at radius 3 is 2.71 bits per heavy atom. The molecule has 0 saturated heterocycles. The highest BCUT2D eigenvalue weighted by Gasteiger charge is 2.39. The number of benzene rings is 1. The molecule has 0 saturated carbocycles. The third-order valence-corrected chi connectivity index (χ3v) is 4.67. The molecule has 0 spiro atoms.